The van der Waals surface area contributed by atoms with Crippen LogP contribution >= 0.6 is 0 Å². The molecule has 0 bridgehead atoms. The van der Waals surface area contributed by atoms with E-state index < -0.39 is 0 Å². The zero-order valence-electron chi connectivity index (χ0n) is 12.1. The molecule has 0 saturated carbocycles. The van der Waals surface area contributed by atoms with Crippen molar-refractivity contribution in [2.45, 2.75) is 13.5 Å². The Hall–Kier alpha value is -2.31. The molecule has 0 unspecified atom stereocenters. The molecule has 0 saturated heterocycles. The van der Waals surface area contributed by atoms with Crippen LogP contribution in [-0.2, 0) is 6.54 Å². The molecule has 2 aromatic carbocycles. The predicted molar refractivity (Wildman–Crippen MR) is 85.5 cm³/mol. The molecule has 3 heteroatoms. The van der Waals surface area contributed by atoms with Gasteiger partial charge in [0.25, 0.3) is 0 Å². The van der Waals surface area contributed by atoms with Crippen LogP contribution in [0.2, 0.25) is 0 Å². The number of nitrogens with zero attached hydrogens (tertiary/aromatic N) is 1. The van der Waals surface area contributed by atoms with Crippen LogP contribution in [-0.4, -0.2) is 13.1 Å². The van der Waals surface area contributed by atoms with Crippen molar-refractivity contribution in [2.24, 2.45) is 5.73 Å². The second-order valence-corrected chi connectivity index (χ2v) is 4.70. The van der Waals surface area contributed by atoms with Gasteiger partial charge in [0.05, 0.1) is 6.54 Å². The first-order valence-electron chi connectivity index (χ1n) is 7.01. The minimum Gasteiger partial charge on any atom is -0.367 e. The van der Waals surface area contributed by atoms with Gasteiger partial charge in [-0.1, -0.05) is 30.0 Å². The maximum Gasteiger partial charge on any atom is 0.125 e. The maximum atomic E-state index is 13.3. The molecule has 21 heavy (non-hydrogen) atoms. The quantitative estimate of drug-likeness (QED) is 0.873. The lowest BCUT2D eigenvalue weighted by molar-refractivity contribution is 0.626. The molecule has 0 amide bonds. The molecule has 0 radical (unpaired) electrons. The SMILES string of the molecule is CCN(Cc1ccc(C#CCN)cc1)c1cccc(F)c1. The van der Waals surface area contributed by atoms with E-state index in [9.17, 15) is 4.39 Å². The molecular weight excluding hydrogens is 263 g/mol. The Morgan fingerprint density at radius 3 is 2.52 bits per heavy atom. The lowest BCUT2D eigenvalue weighted by atomic mass is 10.1. The lowest BCUT2D eigenvalue weighted by Gasteiger charge is -2.23. The van der Waals surface area contributed by atoms with Crippen molar-refractivity contribution in [1.29, 1.82) is 0 Å². The molecule has 0 aromatic heterocycles. The van der Waals surface area contributed by atoms with Gasteiger partial charge in [-0.3, -0.25) is 0 Å². The van der Waals surface area contributed by atoms with Crippen LogP contribution in [0.5, 0.6) is 0 Å². The Kier molecular flexibility index (Phi) is 5.36. The molecular formula is C18H19FN2. The van der Waals surface area contributed by atoms with Gasteiger partial charge in [0.1, 0.15) is 5.82 Å². The molecule has 0 aliphatic carbocycles. The average molecular weight is 282 g/mol. The van der Waals surface area contributed by atoms with Gasteiger partial charge < -0.3 is 10.6 Å². The third-order valence-corrected chi connectivity index (χ3v) is 3.22. The molecule has 0 aliphatic rings. The molecule has 2 rings (SSSR count). The van der Waals surface area contributed by atoms with Crippen LogP contribution in [0, 0.1) is 17.7 Å². The summed E-state index contributed by atoms with van der Waals surface area (Å²) in [6.07, 6.45) is 0. The van der Waals surface area contributed by atoms with Crippen molar-refractivity contribution in [2.75, 3.05) is 18.0 Å². The van der Waals surface area contributed by atoms with E-state index in [2.05, 4.69) is 23.7 Å². The van der Waals surface area contributed by atoms with Gasteiger partial charge in [-0.2, -0.15) is 0 Å². The van der Waals surface area contributed by atoms with E-state index in [1.165, 1.54) is 11.6 Å². The van der Waals surface area contributed by atoms with Gasteiger partial charge >= 0.3 is 0 Å². The first-order valence-corrected chi connectivity index (χ1v) is 7.01. The summed E-state index contributed by atoms with van der Waals surface area (Å²) in [6, 6.07) is 14.7. The molecule has 108 valence electrons. The summed E-state index contributed by atoms with van der Waals surface area (Å²) in [5.74, 6) is 5.62. The summed E-state index contributed by atoms with van der Waals surface area (Å²) in [4.78, 5) is 2.13. The van der Waals surface area contributed by atoms with Crippen molar-refractivity contribution < 1.29 is 4.39 Å². The van der Waals surface area contributed by atoms with Crippen LogP contribution in [0.3, 0.4) is 0 Å². The number of benzene rings is 2. The van der Waals surface area contributed by atoms with E-state index in [1.807, 2.05) is 30.3 Å². The molecule has 0 fully saturated rings. The molecule has 2 N–H and O–H groups in total. The number of anilines is 1. The topological polar surface area (TPSA) is 29.3 Å². The molecule has 0 atom stereocenters. The van der Waals surface area contributed by atoms with Crippen LogP contribution in [0.4, 0.5) is 10.1 Å². The Morgan fingerprint density at radius 2 is 1.90 bits per heavy atom. The normalized spacial score (nSPS) is 9.86. The highest BCUT2D eigenvalue weighted by Gasteiger charge is 2.06. The third kappa shape index (κ3) is 4.34. The maximum absolute atomic E-state index is 13.3. The Balaban J connectivity index is 2.11. The van der Waals surface area contributed by atoms with E-state index in [-0.39, 0.29) is 5.82 Å². The molecule has 0 aliphatic heterocycles. The highest BCUT2D eigenvalue weighted by molar-refractivity contribution is 5.47. The standard InChI is InChI=1S/C18H19FN2/c1-2-21(18-7-3-6-17(19)13-18)14-16-10-8-15(9-11-16)5-4-12-20/h3,6-11,13H,2,12,14,20H2,1H3. The Morgan fingerprint density at radius 1 is 1.14 bits per heavy atom. The lowest BCUT2D eigenvalue weighted by Crippen LogP contribution is -2.22. The van der Waals surface area contributed by atoms with Gasteiger partial charge in [0.2, 0.25) is 0 Å². The van der Waals surface area contributed by atoms with Crippen LogP contribution in [0.15, 0.2) is 48.5 Å². The van der Waals surface area contributed by atoms with Gasteiger partial charge in [-0.25, -0.2) is 4.39 Å². The Bertz CT molecular complexity index is 638. The molecule has 0 spiro atoms. The zero-order valence-corrected chi connectivity index (χ0v) is 12.1. The monoisotopic (exact) mass is 282 g/mol. The number of hydrogen-bond acceptors (Lipinski definition) is 2. The van der Waals surface area contributed by atoms with E-state index >= 15 is 0 Å². The summed E-state index contributed by atoms with van der Waals surface area (Å²) in [5, 5.41) is 0. The number of hydrogen-bond donors (Lipinski definition) is 1. The van der Waals surface area contributed by atoms with Crippen LogP contribution in [0.25, 0.3) is 0 Å². The van der Waals surface area contributed by atoms with E-state index in [4.69, 9.17) is 5.73 Å². The Labute approximate surface area is 125 Å². The summed E-state index contributed by atoms with van der Waals surface area (Å²) in [6.45, 7) is 3.99. The van der Waals surface area contributed by atoms with E-state index in [0.717, 1.165) is 24.3 Å². The van der Waals surface area contributed by atoms with Gasteiger partial charge in [-0.05, 0) is 42.8 Å². The second-order valence-electron chi connectivity index (χ2n) is 4.70. The van der Waals surface area contributed by atoms with Crippen LogP contribution < -0.4 is 10.6 Å². The van der Waals surface area contributed by atoms with Gasteiger partial charge in [0.15, 0.2) is 0 Å². The van der Waals surface area contributed by atoms with Crippen molar-refractivity contribution in [3.05, 3.63) is 65.5 Å². The number of rotatable bonds is 4. The summed E-state index contributed by atoms with van der Waals surface area (Å²) < 4.78 is 13.3. The number of halogens is 1. The highest BCUT2D eigenvalue weighted by Crippen LogP contribution is 2.18. The fraction of sp³-hybridized carbons (Fsp3) is 0.222. The molecule has 2 nitrogen and oxygen atoms in total. The second kappa shape index (κ2) is 7.47. The number of nitrogens with two attached hydrogens (primary N) is 1. The first kappa shape index (κ1) is 15.1. The van der Waals surface area contributed by atoms with E-state index in [0.29, 0.717) is 6.54 Å². The predicted octanol–water partition coefficient (Wildman–Crippen LogP) is 3.16. The minimum atomic E-state index is -0.210. The molecule has 0 heterocycles. The van der Waals surface area contributed by atoms with Crippen molar-refractivity contribution in [3.8, 4) is 11.8 Å². The summed E-state index contributed by atoms with van der Waals surface area (Å²) >= 11 is 0. The fourth-order valence-corrected chi connectivity index (χ4v) is 2.13. The first-order chi connectivity index (χ1) is 10.2. The zero-order chi connectivity index (χ0) is 15.1. The average Bonchev–Trinajstić information content (AvgIpc) is 2.51. The van der Waals surface area contributed by atoms with E-state index in [1.54, 1.807) is 12.1 Å². The van der Waals surface area contributed by atoms with Crippen LogP contribution in [0.1, 0.15) is 18.1 Å². The minimum absolute atomic E-state index is 0.210. The smallest absolute Gasteiger partial charge is 0.125 e. The largest absolute Gasteiger partial charge is 0.367 e. The summed E-state index contributed by atoms with van der Waals surface area (Å²) in [7, 11) is 0. The third-order valence-electron chi connectivity index (χ3n) is 3.22. The van der Waals surface area contributed by atoms with Gasteiger partial charge in [-0.15, -0.1) is 0 Å². The van der Waals surface area contributed by atoms with Crippen molar-refractivity contribution >= 4 is 5.69 Å². The highest BCUT2D eigenvalue weighted by atomic mass is 19.1. The fourth-order valence-electron chi connectivity index (χ4n) is 2.13. The van der Waals surface area contributed by atoms with Gasteiger partial charge in [0, 0.05) is 24.3 Å². The summed E-state index contributed by atoms with van der Waals surface area (Å²) in [5.41, 5.74) is 8.37. The van der Waals surface area contributed by atoms with Crippen molar-refractivity contribution in [3.63, 3.8) is 0 Å². The van der Waals surface area contributed by atoms with Crippen molar-refractivity contribution in [1.82, 2.24) is 0 Å². The molecule has 2 aromatic rings.